The molecule has 0 aliphatic heterocycles. The van der Waals surface area contributed by atoms with Gasteiger partial charge in [0, 0.05) is 5.92 Å². The number of aliphatic carboxylic acids is 1. The molecule has 2 aromatic rings. The molecule has 8 heteroatoms. The number of hydrogen-bond acceptors (Lipinski definition) is 5. The first kappa shape index (κ1) is 21.3. The van der Waals surface area contributed by atoms with E-state index in [1.54, 1.807) is 0 Å². The van der Waals surface area contributed by atoms with E-state index in [4.69, 9.17) is 14.9 Å². The first-order valence-electron chi connectivity index (χ1n) is 9.52. The number of aliphatic hydroxyl groups is 1. The molecule has 4 N–H and O–H groups in total. The van der Waals surface area contributed by atoms with Crippen LogP contribution in [-0.4, -0.2) is 53.0 Å². The summed E-state index contributed by atoms with van der Waals surface area (Å²) in [5.74, 6) is -2.24. The van der Waals surface area contributed by atoms with Crippen molar-refractivity contribution in [1.82, 2.24) is 10.6 Å². The highest BCUT2D eigenvalue weighted by Crippen LogP contribution is 2.44. The van der Waals surface area contributed by atoms with Gasteiger partial charge in [-0.1, -0.05) is 48.5 Å². The van der Waals surface area contributed by atoms with E-state index in [0.717, 1.165) is 22.3 Å². The van der Waals surface area contributed by atoms with E-state index in [0.29, 0.717) is 0 Å². The van der Waals surface area contributed by atoms with E-state index in [1.165, 1.54) is 13.8 Å². The predicted molar refractivity (Wildman–Crippen MR) is 109 cm³/mol. The highest BCUT2D eigenvalue weighted by atomic mass is 16.5. The van der Waals surface area contributed by atoms with Crippen LogP contribution in [0.15, 0.2) is 48.5 Å². The van der Waals surface area contributed by atoms with Gasteiger partial charge in [-0.05, 0) is 36.1 Å². The number of amides is 2. The van der Waals surface area contributed by atoms with Crippen LogP contribution >= 0.6 is 0 Å². The van der Waals surface area contributed by atoms with Crippen LogP contribution in [0.5, 0.6) is 0 Å². The molecule has 3 rings (SSSR count). The van der Waals surface area contributed by atoms with Crippen LogP contribution < -0.4 is 10.6 Å². The fourth-order valence-electron chi connectivity index (χ4n) is 3.47. The molecule has 8 nitrogen and oxygen atoms in total. The number of ether oxygens (including phenoxy) is 1. The molecular formula is C22H24N2O6. The Kier molecular flexibility index (Phi) is 6.07. The van der Waals surface area contributed by atoms with Gasteiger partial charge in [-0.25, -0.2) is 9.59 Å². The first-order valence-corrected chi connectivity index (χ1v) is 9.52. The summed E-state index contributed by atoms with van der Waals surface area (Å²) in [6.45, 7) is 2.16. The maximum Gasteiger partial charge on any atom is 0.408 e. The van der Waals surface area contributed by atoms with Gasteiger partial charge in [-0.15, -0.1) is 0 Å². The topological polar surface area (TPSA) is 125 Å². The second-order valence-corrected chi connectivity index (χ2v) is 7.62. The minimum atomic E-state index is -1.46. The summed E-state index contributed by atoms with van der Waals surface area (Å²) >= 11 is 0. The van der Waals surface area contributed by atoms with E-state index in [1.807, 2.05) is 48.5 Å². The van der Waals surface area contributed by atoms with Crippen LogP contribution in [0.2, 0.25) is 0 Å². The zero-order chi connectivity index (χ0) is 21.9. The number of benzene rings is 2. The monoisotopic (exact) mass is 412 g/mol. The average molecular weight is 412 g/mol. The molecule has 0 aromatic heterocycles. The van der Waals surface area contributed by atoms with E-state index in [-0.39, 0.29) is 12.5 Å². The van der Waals surface area contributed by atoms with E-state index < -0.39 is 36.2 Å². The predicted octanol–water partition coefficient (Wildman–Crippen LogP) is 1.87. The molecule has 30 heavy (non-hydrogen) atoms. The molecule has 1 atom stereocenters. The summed E-state index contributed by atoms with van der Waals surface area (Å²) in [7, 11) is 0. The lowest BCUT2D eigenvalue weighted by Gasteiger charge is -2.26. The standard InChI is InChI=1S/C22H24N2O6/c1-22(2,20(28)23-18(11-25)19(26)27)24-21(29)30-12-17-15-9-5-3-7-13(15)14-8-4-6-10-16(14)17/h3-10,17-18,25H,11-12H2,1-2H3,(H,23,28)(H,24,29)(H,26,27). The van der Waals surface area contributed by atoms with Crippen LogP contribution in [-0.2, 0) is 14.3 Å². The van der Waals surface area contributed by atoms with Gasteiger partial charge in [0.15, 0.2) is 0 Å². The van der Waals surface area contributed by atoms with Crippen LogP contribution in [0.3, 0.4) is 0 Å². The fraction of sp³-hybridized carbons (Fsp3) is 0.318. The minimum absolute atomic E-state index is 0.0892. The highest BCUT2D eigenvalue weighted by molar-refractivity contribution is 5.92. The smallest absolute Gasteiger partial charge is 0.408 e. The van der Waals surface area contributed by atoms with Crippen molar-refractivity contribution in [2.45, 2.75) is 31.3 Å². The quantitative estimate of drug-likeness (QED) is 0.550. The molecule has 0 saturated carbocycles. The van der Waals surface area contributed by atoms with Gasteiger partial charge in [0.2, 0.25) is 5.91 Å². The Bertz CT molecular complexity index is 926. The van der Waals surface area contributed by atoms with Crippen molar-refractivity contribution in [3.05, 3.63) is 59.7 Å². The second-order valence-electron chi connectivity index (χ2n) is 7.62. The zero-order valence-corrected chi connectivity index (χ0v) is 16.7. The van der Waals surface area contributed by atoms with Crippen molar-refractivity contribution in [3.63, 3.8) is 0 Å². The molecule has 0 radical (unpaired) electrons. The molecule has 0 heterocycles. The number of carboxylic acids is 1. The molecule has 0 fully saturated rings. The van der Waals surface area contributed by atoms with Crippen molar-refractivity contribution in [1.29, 1.82) is 0 Å². The third-order valence-corrected chi connectivity index (χ3v) is 5.11. The maximum absolute atomic E-state index is 12.4. The summed E-state index contributed by atoms with van der Waals surface area (Å²) in [5.41, 5.74) is 2.90. The Morgan fingerprint density at radius 2 is 1.57 bits per heavy atom. The van der Waals surface area contributed by atoms with E-state index in [9.17, 15) is 14.4 Å². The molecule has 0 bridgehead atoms. The lowest BCUT2D eigenvalue weighted by atomic mass is 9.98. The Labute approximate surface area is 173 Å². The number of hydrogen-bond donors (Lipinski definition) is 4. The van der Waals surface area contributed by atoms with E-state index >= 15 is 0 Å². The van der Waals surface area contributed by atoms with Crippen molar-refractivity contribution < 1.29 is 29.3 Å². The van der Waals surface area contributed by atoms with Crippen molar-refractivity contribution >= 4 is 18.0 Å². The number of carbonyl (C=O) groups is 3. The molecule has 1 unspecified atom stereocenters. The third-order valence-electron chi connectivity index (χ3n) is 5.11. The second kappa shape index (κ2) is 8.54. The van der Waals surface area contributed by atoms with E-state index in [2.05, 4.69) is 10.6 Å². The summed E-state index contributed by atoms with van der Waals surface area (Å²) in [6.07, 6.45) is -0.798. The van der Waals surface area contributed by atoms with Crippen molar-refractivity contribution in [3.8, 4) is 11.1 Å². The lowest BCUT2D eigenvalue weighted by molar-refractivity contribution is -0.143. The van der Waals surface area contributed by atoms with Crippen LogP contribution in [0.25, 0.3) is 11.1 Å². The fourth-order valence-corrected chi connectivity index (χ4v) is 3.47. The molecule has 1 aliphatic carbocycles. The molecule has 1 aliphatic rings. The van der Waals surface area contributed by atoms with Crippen molar-refractivity contribution in [2.24, 2.45) is 0 Å². The Morgan fingerprint density at radius 3 is 2.07 bits per heavy atom. The summed E-state index contributed by atoms with van der Waals surface area (Å²) in [5, 5.41) is 22.6. The third kappa shape index (κ3) is 4.28. The van der Waals surface area contributed by atoms with Crippen LogP contribution in [0.4, 0.5) is 4.79 Å². The van der Waals surface area contributed by atoms with Gasteiger partial charge < -0.3 is 25.6 Å². The van der Waals surface area contributed by atoms with Gasteiger partial charge in [0.25, 0.3) is 0 Å². The molecule has 2 amide bonds. The minimum Gasteiger partial charge on any atom is -0.480 e. The SMILES string of the molecule is CC(C)(NC(=O)OCC1c2ccccc2-c2ccccc21)C(=O)NC(CO)C(=O)O. The van der Waals surface area contributed by atoms with Crippen LogP contribution in [0.1, 0.15) is 30.9 Å². The molecular weight excluding hydrogens is 388 g/mol. The Balaban J connectivity index is 1.65. The van der Waals surface area contributed by atoms with Gasteiger partial charge in [0.05, 0.1) is 6.61 Å². The normalized spacial score (nSPS) is 13.7. The Hall–Kier alpha value is -3.39. The van der Waals surface area contributed by atoms with Gasteiger partial charge in [-0.2, -0.15) is 0 Å². The number of nitrogens with one attached hydrogen (secondary N) is 2. The summed E-state index contributed by atoms with van der Waals surface area (Å²) in [6, 6.07) is 14.4. The number of fused-ring (bicyclic) bond motifs is 3. The zero-order valence-electron chi connectivity index (χ0n) is 16.7. The largest absolute Gasteiger partial charge is 0.480 e. The van der Waals surface area contributed by atoms with Crippen LogP contribution in [0, 0.1) is 0 Å². The number of rotatable bonds is 7. The van der Waals surface area contributed by atoms with Gasteiger partial charge in [0.1, 0.15) is 18.2 Å². The Morgan fingerprint density at radius 1 is 1.03 bits per heavy atom. The van der Waals surface area contributed by atoms with Crippen molar-refractivity contribution in [2.75, 3.05) is 13.2 Å². The molecule has 0 spiro atoms. The van der Waals surface area contributed by atoms with Gasteiger partial charge in [-0.3, -0.25) is 4.79 Å². The maximum atomic E-state index is 12.4. The molecule has 0 saturated heterocycles. The lowest BCUT2D eigenvalue weighted by Crippen LogP contribution is -2.58. The number of aliphatic hydroxyl groups excluding tert-OH is 1. The number of carbonyl (C=O) groups excluding carboxylic acids is 2. The average Bonchev–Trinajstić information content (AvgIpc) is 3.03. The summed E-state index contributed by atoms with van der Waals surface area (Å²) < 4.78 is 5.41. The highest BCUT2D eigenvalue weighted by Gasteiger charge is 2.34. The summed E-state index contributed by atoms with van der Waals surface area (Å²) in [4.78, 5) is 35.6. The number of alkyl carbamates (subject to hydrolysis) is 1. The van der Waals surface area contributed by atoms with Gasteiger partial charge >= 0.3 is 12.1 Å². The molecule has 158 valence electrons. The number of carboxylic acid groups (broad SMARTS) is 1. The first-order chi connectivity index (χ1) is 14.2. The molecule has 2 aromatic carbocycles.